The maximum absolute atomic E-state index is 5.24. The molecule has 4 heterocycles. The van der Waals surface area contributed by atoms with Gasteiger partial charge in [0.1, 0.15) is 0 Å². The fourth-order valence-corrected chi connectivity index (χ4v) is 11.3. The van der Waals surface area contributed by atoms with Crippen LogP contribution < -0.4 is 0 Å². The van der Waals surface area contributed by atoms with Crippen LogP contribution in [0.3, 0.4) is 0 Å². The van der Waals surface area contributed by atoms with Crippen molar-refractivity contribution in [2.45, 2.75) is 10.8 Å². The van der Waals surface area contributed by atoms with Crippen molar-refractivity contribution in [2.75, 3.05) is 0 Å². The Hall–Kier alpha value is -8.86. The predicted molar refractivity (Wildman–Crippen MR) is 274 cm³/mol. The highest BCUT2D eigenvalue weighted by atomic mass is 14.7. The van der Waals surface area contributed by atoms with E-state index >= 15 is 0 Å². The number of fused-ring (bicyclic) bond motifs is 6. The minimum absolute atomic E-state index is 0.652. The van der Waals surface area contributed by atoms with Crippen LogP contribution in [0.25, 0.3) is 67.3 Å². The maximum atomic E-state index is 5.24. The molecule has 2 aliphatic carbocycles. The topological polar surface area (TPSA) is 51.6 Å². The van der Waals surface area contributed by atoms with Crippen molar-refractivity contribution in [3.05, 3.63) is 300 Å². The number of hydrogen-bond donors (Lipinski definition) is 0. The Morgan fingerprint density at radius 2 is 0.588 bits per heavy atom. The molecular formula is C64H42N4. The van der Waals surface area contributed by atoms with Gasteiger partial charge >= 0.3 is 0 Å². The Morgan fingerprint density at radius 1 is 0.250 bits per heavy atom. The Morgan fingerprint density at radius 3 is 0.926 bits per heavy atom. The first-order chi connectivity index (χ1) is 33.7. The van der Waals surface area contributed by atoms with E-state index in [0.29, 0.717) is 0 Å². The van der Waals surface area contributed by atoms with E-state index in [9.17, 15) is 0 Å². The molecule has 0 radical (unpaired) electrons. The molecule has 0 amide bonds. The summed E-state index contributed by atoms with van der Waals surface area (Å²) in [6.07, 6.45) is 7.36. The van der Waals surface area contributed by atoms with Crippen LogP contribution in [0.4, 0.5) is 0 Å². The van der Waals surface area contributed by atoms with E-state index in [1.165, 1.54) is 66.8 Å². The van der Waals surface area contributed by atoms with E-state index in [-0.39, 0.29) is 0 Å². The van der Waals surface area contributed by atoms with Gasteiger partial charge in [-0.25, -0.2) is 9.97 Å². The highest BCUT2D eigenvalue weighted by molar-refractivity contribution is 5.96. The van der Waals surface area contributed by atoms with Crippen molar-refractivity contribution >= 4 is 0 Å². The van der Waals surface area contributed by atoms with Crippen LogP contribution in [-0.4, -0.2) is 19.9 Å². The molecule has 0 saturated heterocycles. The molecule has 0 aliphatic heterocycles. The molecule has 68 heavy (non-hydrogen) atoms. The lowest BCUT2D eigenvalue weighted by atomic mass is 9.65. The normalized spacial score (nSPS) is 13.5. The van der Waals surface area contributed by atoms with Crippen LogP contribution in [0.2, 0.25) is 0 Å². The third kappa shape index (κ3) is 6.01. The van der Waals surface area contributed by atoms with Crippen LogP contribution >= 0.6 is 0 Å². The second-order valence-electron chi connectivity index (χ2n) is 17.7. The van der Waals surface area contributed by atoms with E-state index in [0.717, 1.165) is 45.0 Å². The smallest absolute Gasteiger partial charge is 0.0725 e. The molecule has 4 heteroatoms. The summed E-state index contributed by atoms with van der Waals surface area (Å²) in [5, 5.41) is 0. The molecule has 0 saturated carbocycles. The average Bonchev–Trinajstić information content (AvgIpc) is 3.88. The highest BCUT2D eigenvalue weighted by Gasteiger charge is 2.51. The molecule has 0 spiro atoms. The molecule has 0 bridgehead atoms. The summed E-state index contributed by atoms with van der Waals surface area (Å²) in [5.41, 5.74) is 21.1. The summed E-state index contributed by atoms with van der Waals surface area (Å²) in [4.78, 5) is 19.3. The van der Waals surface area contributed by atoms with Gasteiger partial charge in [-0.05, 0) is 140 Å². The van der Waals surface area contributed by atoms with Gasteiger partial charge in [-0.3, -0.25) is 9.97 Å². The molecule has 4 aromatic heterocycles. The van der Waals surface area contributed by atoms with Crippen molar-refractivity contribution in [1.82, 2.24) is 19.9 Å². The molecule has 13 rings (SSSR count). The summed E-state index contributed by atoms with van der Waals surface area (Å²) in [6, 6.07) is 84.0. The van der Waals surface area contributed by atoms with Gasteiger partial charge in [-0.2, -0.15) is 0 Å². The molecule has 7 aromatic carbocycles. The van der Waals surface area contributed by atoms with Gasteiger partial charge in [0.2, 0.25) is 0 Å². The zero-order valence-electron chi connectivity index (χ0n) is 37.0. The standard InChI is InChI=1S/C64H42N4/c1-5-19-47(20-6-1)63(48-21-7-2-8-22-48)55-37-43(59-27-13-29-61(67-59)45-17-15-35-65-41-45)31-33-51(55)53-40-58-54(39-57(53)63)52-34-32-44(60-28-14-30-62(68-60)46-18-16-36-66-42-46)38-56(52)64(58,49-23-9-3-10-24-49)50-25-11-4-12-26-50/h1-42H. The van der Waals surface area contributed by atoms with E-state index in [2.05, 4.69) is 228 Å². The molecule has 2 aliphatic rings. The molecule has 0 unspecified atom stereocenters. The lowest BCUT2D eigenvalue weighted by Crippen LogP contribution is -2.30. The molecule has 0 N–H and O–H groups in total. The zero-order chi connectivity index (χ0) is 45.1. The van der Waals surface area contributed by atoms with E-state index in [1.54, 1.807) is 12.4 Å². The fourth-order valence-electron chi connectivity index (χ4n) is 11.3. The largest absolute Gasteiger partial charge is 0.264 e. The first-order valence-electron chi connectivity index (χ1n) is 23.2. The van der Waals surface area contributed by atoms with Gasteiger partial charge in [0.25, 0.3) is 0 Å². The number of hydrogen-bond acceptors (Lipinski definition) is 4. The number of pyridine rings is 4. The Bertz CT molecular complexity index is 3330. The first kappa shape index (κ1) is 39.5. The monoisotopic (exact) mass is 866 g/mol. The quantitative estimate of drug-likeness (QED) is 0.153. The van der Waals surface area contributed by atoms with Crippen LogP contribution in [0.1, 0.15) is 44.5 Å². The Balaban J connectivity index is 1.10. The molecule has 0 atom stereocenters. The van der Waals surface area contributed by atoms with Crippen LogP contribution in [0.15, 0.2) is 255 Å². The third-order valence-corrected chi connectivity index (χ3v) is 14.2. The van der Waals surface area contributed by atoms with Crippen molar-refractivity contribution in [2.24, 2.45) is 0 Å². The number of rotatable bonds is 8. The molecule has 0 fully saturated rings. The first-order valence-corrected chi connectivity index (χ1v) is 23.2. The molecular weight excluding hydrogens is 825 g/mol. The average molecular weight is 867 g/mol. The predicted octanol–water partition coefficient (Wildman–Crippen LogP) is 14.7. The van der Waals surface area contributed by atoms with Gasteiger partial charge < -0.3 is 0 Å². The summed E-state index contributed by atoms with van der Waals surface area (Å²) in [6.45, 7) is 0. The van der Waals surface area contributed by atoms with Crippen molar-refractivity contribution < 1.29 is 0 Å². The van der Waals surface area contributed by atoms with Crippen molar-refractivity contribution in [1.29, 1.82) is 0 Å². The van der Waals surface area contributed by atoms with Gasteiger partial charge in [-0.15, -0.1) is 0 Å². The molecule has 4 nitrogen and oxygen atoms in total. The minimum Gasteiger partial charge on any atom is -0.264 e. The van der Waals surface area contributed by atoms with Crippen LogP contribution in [0, 0.1) is 0 Å². The number of aromatic nitrogens is 4. The zero-order valence-corrected chi connectivity index (χ0v) is 37.0. The summed E-state index contributed by atoms with van der Waals surface area (Å²) in [7, 11) is 0. The van der Waals surface area contributed by atoms with Gasteiger partial charge in [-0.1, -0.05) is 158 Å². The summed E-state index contributed by atoms with van der Waals surface area (Å²) in [5.74, 6) is 0. The number of benzene rings is 7. The molecule has 11 aromatic rings. The van der Waals surface area contributed by atoms with Crippen LogP contribution in [0.5, 0.6) is 0 Å². The Kier molecular flexibility index (Phi) is 9.26. The van der Waals surface area contributed by atoms with Gasteiger partial charge in [0.05, 0.1) is 33.6 Å². The Labute approximate surface area is 396 Å². The highest BCUT2D eigenvalue weighted by Crippen LogP contribution is 2.63. The van der Waals surface area contributed by atoms with Gasteiger partial charge in [0.15, 0.2) is 0 Å². The lowest BCUT2D eigenvalue weighted by molar-refractivity contribution is 0.759. The molecule has 318 valence electrons. The minimum atomic E-state index is -0.652. The second kappa shape index (κ2) is 15.9. The van der Waals surface area contributed by atoms with Gasteiger partial charge in [0, 0.05) is 47.0 Å². The van der Waals surface area contributed by atoms with Crippen molar-refractivity contribution in [3.8, 4) is 67.3 Å². The summed E-state index contributed by atoms with van der Waals surface area (Å²) < 4.78 is 0. The SMILES string of the molecule is c1ccc(C2(c3ccccc3)c3cc(-c4cccc(-c5cccnc5)n4)ccc3-c3cc4c(cc32)-c2ccc(-c3cccc(-c5cccnc5)n3)cc2C4(c2ccccc2)c2ccccc2)cc1. The second-order valence-corrected chi connectivity index (χ2v) is 17.7. The lowest BCUT2D eigenvalue weighted by Gasteiger charge is -2.35. The third-order valence-electron chi connectivity index (χ3n) is 14.2. The maximum Gasteiger partial charge on any atom is 0.0725 e. The van der Waals surface area contributed by atoms with E-state index in [1.807, 2.05) is 24.5 Å². The number of nitrogens with zero attached hydrogens (tertiary/aromatic N) is 4. The fraction of sp³-hybridized carbons (Fsp3) is 0.0312. The van der Waals surface area contributed by atoms with Crippen LogP contribution in [-0.2, 0) is 10.8 Å². The van der Waals surface area contributed by atoms with Crippen molar-refractivity contribution in [3.63, 3.8) is 0 Å². The summed E-state index contributed by atoms with van der Waals surface area (Å²) >= 11 is 0. The van der Waals surface area contributed by atoms with E-state index in [4.69, 9.17) is 9.97 Å². The van der Waals surface area contributed by atoms with E-state index < -0.39 is 10.8 Å².